The van der Waals surface area contributed by atoms with Crippen LogP contribution in [-0.4, -0.2) is 15.2 Å². The van der Waals surface area contributed by atoms with Gasteiger partial charge in [-0.1, -0.05) is 23.2 Å². The first-order chi connectivity index (χ1) is 8.60. The van der Waals surface area contributed by atoms with Crippen LogP contribution in [0.2, 0.25) is 15.5 Å². The fourth-order valence-corrected chi connectivity index (χ4v) is 1.61. The third-order valence-electron chi connectivity index (χ3n) is 1.97. The van der Waals surface area contributed by atoms with Crippen molar-refractivity contribution in [3.05, 3.63) is 39.2 Å². The van der Waals surface area contributed by atoms with Gasteiger partial charge in [-0.2, -0.15) is 10.2 Å². The predicted octanol–water partition coefficient (Wildman–Crippen LogP) is 3.45. The van der Waals surface area contributed by atoms with Gasteiger partial charge in [0.2, 0.25) is 5.28 Å². The zero-order chi connectivity index (χ0) is 13.1. The van der Waals surface area contributed by atoms with E-state index in [4.69, 9.17) is 40.1 Å². The van der Waals surface area contributed by atoms with Crippen LogP contribution in [0.1, 0.15) is 5.56 Å². The number of nitriles is 1. The van der Waals surface area contributed by atoms with E-state index < -0.39 is 0 Å². The van der Waals surface area contributed by atoms with E-state index in [-0.39, 0.29) is 16.3 Å². The first kappa shape index (κ1) is 12.8. The van der Waals surface area contributed by atoms with E-state index in [1.807, 2.05) is 6.07 Å². The summed E-state index contributed by atoms with van der Waals surface area (Å²) in [6.45, 7) is 0. The molecule has 1 heterocycles. The van der Waals surface area contributed by atoms with E-state index in [1.54, 1.807) is 18.2 Å². The highest BCUT2D eigenvalue weighted by atomic mass is 35.5. The Kier molecular flexibility index (Phi) is 3.82. The summed E-state index contributed by atoms with van der Waals surface area (Å²) < 4.78 is 0. The standard InChI is InChI=1S/C10H4Cl3N5/c11-6-2-1-5(4-14)3-7(6)15-9-8(12)17-18-10(13)16-9/h1-3H,(H,15,16,18). The molecule has 8 heteroatoms. The molecule has 0 atom stereocenters. The first-order valence-corrected chi connectivity index (χ1v) is 5.76. The van der Waals surface area contributed by atoms with Crippen LogP contribution in [0.3, 0.4) is 0 Å². The van der Waals surface area contributed by atoms with Gasteiger partial charge in [0.1, 0.15) is 0 Å². The number of anilines is 2. The summed E-state index contributed by atoms with van der Waals surface area (Å²) in [6, 6.07) is 6.75. The monoisotopic (exact) mass is 299 g/mol. The second-order valence-electron chi connectivity index (χ2n) is 3.15. The normalized spacial score (nSPS) is 9.89. The molecular weight excluding hydrogens is 297 g/mol. The van der Waals surface area contributed by atoms with Crippen LogP contribution in [0.5, 0.6) is 0 Å². The molecule has 18 heavy (non-hydrogen) atoms. The highest BCUT2D eigenvalue weighted by Gasteiger charge is 2.09. The van der Waals surface area contributed by atoms with Crippen LogP contribution in [0, 0.1) is 11.3 Å². The summed E-state index contributed by atoms with van der Waals surface area (Å²) >= 11 is 17.4. The van der Waals surface area contributed by atoms with E-state index in [9.17, 15) is 0 Å². The maximum Gasteiger partial charge on any atom is 0.245 e. The molecule has 2 rings (SSSR count). The number of halogens is 3. The second kappa shape index (κ2) is 5.36. The fourth-order valence-electron chi connectivity index (χ4n) is 1.19. The molecule has 0 aliphatic heterocycles. The minimum Gasteiger partial charge on any atom is -0.336 e. The summed E-state index contributed by atoms with van der Waals surface area (Å²) in [5.74, 6) is 0.216. The number of nitrogens with one attached hydrogen (secondary N) is 1. The van der Waals surface area contributed by atoms with E-state index >= 15 is 0 Å². The average molecular weight is 301 g/mol. The van der Waals surface area contributed by atoms with Gasteiger partial charge >= 0.3 is 0 Å². The molecule has 1 aromatic heterocycles. The first-order valence-electron chi connectivity index (χ1n) is 4.62. The van der Waals surface area contributed by atoms with Crippen LogP contribution in [0.25, 0.3) is 0 Å². The molecule has 90 valence electrons. The molecule has 0 fully saturated rings. The number of hydrogen-bond acceptors (Lipinski definition) is 5. The Hall–Kier alpha value is -1.61. The van der Waals surface area contributed by atoms with Crippen molar-refractivity contribution >= 4 is 46.3 Å². The van der Waals surface area contributed by atoms with Gasteiger partial charge in [0, 0.05) is 0 Å². The highest BCUT2D eigenvalue weighted by Crippen LogP contribution is 2.28. The van der Waals surface area contributed by atoms with E-state index in [2.05, 4.69) is 20.5 Å². The largest absolute Gasteiger partial charge is 0.336 e. The zero-order valence-electron chi connectivity index (χ0n) is 8.65. The fraction of sp³-hybridized carbons (Fsp3) is 0. The van der Waals surface area contributed by atoms with Crippen molar-refractivity contribution in [1.82, 2.24) is 15.2 Å². The number of benzene rings is 1. The van der Waals surface area contributed by atoms with Gasteiger partial charge in [0.25, 0.3) is 0 Å². The highest BCUT2D eigenvalue weighted by molar-refractivity contribution is 6.34. The molecule has 2 aromatic rings. The quantitative estimate of drug-likeness (QED) is 0.919. The predicted molar refractivity (Wildman–Crippen MR) is 69.3 cm³/mol. The van der Waals surface area contributed by atoms with Crippen molar-refractivity contribution in [3.63, 3.8) is 0 Å². The number of hydrogen-bond donors (Lipinski definition) is 1. The molecule has 0 unspecified atom stereocenters. The smallest absolute Gasteiger partial charge is 0.245 e. The minimum absolute atomic E-state index is 0.0468. The van der Waals surface area contributed by atoms with E-state index in [0.29, 0.717) is 16.3 Å². The van der Waals surface area contributed by atoms with E-state index in [0.717, 1.165) is 0 Å². The SMILES string of the molecule is N#Cc1ccc(Cl)c(Nc2nc(Cl)nnc2Cl)c1. The van der Waals surface area contributed by atoms with Gasteiger partial charge in [0.15, 0.2) is 11.0 Å². The van der Waals surface area contributed by atoms with Gasteiger partial charge in [-0.05, 0) is 29.8 Å². The molecule has 0 saturated heterocycles. The van der Waals surface area contributed by atoms with Crippen molar-refractivity contribution in [1.29, 1.82) is 5.26 Å². The summed E-state index contributed by atoms with van der Waals surface area (Å²) in [5, 5.41) is 19.2. The summed E-state index contributed by atoms with van der Waals surface area (Å²) in [5.41, 5.74) is 0.931. The lowest BCUT2D eigenvalue weighted by Gasteiger charge is -2.08. The lowest BCUT2D eigenvalue weighted by molar-refractivity contribution is 0.975. The van der Waals surface area contributed by atoms with Gasteiger partial charge in [0.05, 0.1) is 22.3 Å². The van der Waals surface area contributed by atoms with Crippen molar-refractivity contribution in [2.75, 3.05) is 5.32 Å². The Morgan fingerprint density at radius 1 is 1.17 bits per heavy atom. The van der Waals surface area contributed by atoms with Crippen LogP contribution in [0.4, 0.5) is 11.5 Å². The maximum atomic E-state index is 8.81. The van der Waals surface area contributed by atoms with Gasteiger partial charge in [-0.25, -0.2) is 0 Å². The third-order valence-corrected chi connectivity index (χ3v) is 2.71. The number of rotatable bonds is 2. The molecule has 1 aromatic carbocycles. The third kappa shape index (κ3) is 2.79. The van der Waals surface area contributed by atoms with Crippen molar-refractivity contribution in [2.24, 2.45) is 0 Å². The minimum atomic E-state index is -0.0468. The van der Waals surface area contributed by atoms with Crippen LogP contribution >= 0.6 is 34.8 Å². The molecule has 5 nitrogen and oxygen atoms in total. The summed E-state index contributed by atoms with van der Waals surface area (Å²) in [4.78, 5) is 3.87. The Bertz CT molecular complexity index is 638. The Morgan fingerprint density at radius 3 is 2.67 bits per heavy atom. The van der Waals surface area contributed by atoms with Crippen LogP contribution in [0.15, 0.2) is 18.2 Å². The van der Waals surface area contributed by atoms with Crippen molar-refractivity contribution in [3.8, 4) is 6.07 Å². The Labute approximate surface area is 117 Å². The molecule has 1 N–H and O–H groups in total. The molecule has 0 spiro atoms. The lowest BCUT2D eigenvalue weighted by Crippen LogP contribution is -1.99. The number of nitrogens with zero attached hydrogens (tertiary/aromatic N) is 4. The van der Waals surface area contributed by atoms with Crippen molar-refractivity contribution < 1.29 is 0 Å². The molecular formula is C10H4Cl3N5. The number of aromatic nitrogens is 3. The Balaban J connectivity index is 2.39. The van der Waals surface area contributed by atoms with Crippen LogP contribution in [-0.2, 0) is 0 Å². The van der Waals surface area contributed by atoms with Crippen LogP contribution < -0.4 is 5.32 Å². The van der Waals surface area contributed by atoms with Gasteiger partial charge < -0.3 is 5.32 Å². The topological polar surface area (TPSA) is 74.5 Å². The zero-order valence-corrected chi connectivity index (χ0v) is 10.9. The maximum absolute atomic E-state index is 8.81. The molecule has 0 amide bonds. The molecule has 0 saturated carbocycles. The molecule has 0 aliphatic rings. The lowest BCUT2D eigenvalue weighted by atomic mass is 10.2. The molecule has 0 radical (unpaired) electrons. The van der Waals surface area contributed by atoms with Gasteiger partial charge in [-0.3, -0.25) is 0 Å². The van der Waals surface area contributed by atoms with Gasteiger partial charge in [-0.15, -0.1) is 10.2 Å². The van der Waals surface area contributed by atoms with E-state index in [1.165, 1.54) is 0 Å². The molecule has 0 aliphatic carbocycles. The average Bonchev–Trinajstić information content (AvgIpc) is 2.36. The summed E-state index contributed by atoms with van der Waals surface area (Å²) in [7, 11) is 0. The second-order valence-corrected chi connectivity index (χ2v) is 4.25. The Morgan fingerprint density at radius 2 is 1.94 bits per heavy atom. The molecule has 0 bridgehead atoms. The summed E-state index contributed by atoms with van der Waals surface area (Å²) in [6.07, 6.45) is 0. The van der Waals surface area contributed by atoms with Crippen molar-refractivity contribution in [2.45, 2.75) is 0 Å².